The molecule has 2 heterocycles. The summed E-state index contributed by atoms with van der Waals surface area (Å²) in [6.07, 6.45) is 0. The Labute approximate surface area is 115 Å². The Morgan fingerprint density at radius 3 is 2.68 bits per heavy atom. The van der Waals surface area contributed by atoms with Gasteiger partial charge in [-0.15, -0.1) is 11.3 Å². The van der Waals surface area contributed by atoms with Gasteiger partial charge in [0.05, 0.1) is 23.5 Å². The van der Waals surface area contributed by atoms with E-state index in [1.807, 2.05) is 13.0 Å². The zero-order valence-electron chi connectivity index (χ0n) is 11.1. The Hall–Kier alpha value is -1.53. The highest BCUT2D eigenvalue weighted by Crippen LogP contribution is 2.21. The normalized spacial score (nSPS) is 19.3. The third-order valence-corrected chi connectivity index (χ3v) is 4.33. The Balaban J connectivity index is 2.15. The van der Waals surface area contributed by atoms with E-state index >= 15 is 0 Å². The molecule has 0 aromatic carbocycles. The van der Waals surface area contributed by atoms with E-state index in [1.54, 1.807) is 24.8 Å². The number of nitrogens with zero attached hydrogens (tertiary/aromatic N) is 1. The monoisotopic (exact) mass is 280 g/mol. The molecule has 1 aliphatic heterocycles. The molecule has 102 valence electrons. The van der Waals surface area contributed by atoms with Gasteiger partial charge in [0.2, 0.25) is 11.8 Å². The summed E-state index contributed by atoms with van der Waals surface area (Å²) in [5, 5.41) is 2.29. The third-order valence-electron chi connectivity index (χ3n) is 3.28. The van der Waals surface area contributed by atoms with Crippen LogP contribution in [0.1, 0.15) is 28.4 Å². The van der Waals surface area contributed by atoms with Crippen molar-refractivity contribution in [1.29, 1.82) is 0 Å². The van der Waals surface area contributed by atoms with Crippen LogP contribution in [-0.4, -0.2) is 41.1 Å². The molecular weight excluding hydrogens is 264 g/mol. The van der Waals surface area contributed by atoms with Crippen LogP contribution in [0.4, 0.5) is 0 Å². The predicted octanol–water partition coefficient (Wildman–Crippen LogP) is 0.976. The van der Waals surface area contributed by atoms with Gasteiger partial charge >= 0.3 is 0 Å². The summed E-state index contributed by atoms with van der Waals surface area (Å²) in [7, 11) is 0. The molecule has 0 aliphatic carbocycles. The van der Waals surface area contributed by atoms with Crippen molar-refractivity contribution < 1.29 is 14.4 Å². The predicted molar refractivity (Wildman–Crippen MR) is 72.2 cm³/mol. The molecule has 1 aliphatic rings. The van der Waals surface area contributed by atoms with Crippen LogP contribution in [0.15, 0.2) is 12.1 Å². The Kier molecular flexibility index (Phi) is 3.56. The number of nitrogens with one attached hydrogen (secondary N) is 1. The maximum Gasteiger partial charge on any atom is 0.246 e. The lowest BCUT2D eigenvalue weighted by Crippen LogP contribution is -2.64. The lowest BCUT2D eigenvalue weighted by atomic mass is 9.98. The molecule has 5 nitrogen and oxygen atoms in total. The van der Waals surface area contributed by atoms with Crippen molar-refractivity contribution in [3.63, 3.8) is 0 Å². The summed E-state index contributed by atoms with van der Waals surface area (Å²) in [6, 6.07) is 3.66. The van der Waals surface area contributed by atoms with Gasteiger partial charge in [-0.25, -0.2) is 0 Å². The summed E-state index contributed by atoms with van der Waals surface area (Å²) < 4.78 is 0. The summed E-state index contributed by atoms with van der Waals surface area (Å²) in [6.45, 7) is 5.49. The van der Waals surface area contributed by atoms with Gasteiger partial charge in [0.15, 0.2) is 5.78 Å². The second kappa shape index (κ2) is 4.86. The second-order valence-corrected chi connectivity index (χ2v) is 6.41. The molecule has 1 saturated heterocycles. The minimum absolute atomic E-state index is 0.0614. The number of ketones is 1. The molecule has 0 unspecified atom stereocenters. The quantitative estimate of drug-likeness (QED) is 0.662. The number of hydrogen-bond acceptors (Lipinski definition) is 5. The molecule has 0 saturated carbocycles. The molecule has 0 spiro atoms. The van der Waals surface area contributed by atoms with Gasteiger partial charge in [-0.1, -0.05) is 0 Å². The number of hydrogen-bond donors (Lipinski definition) is 1. The second-order valence-electron chi connectivity index (χ2n) is 5.13. The van der Waals surface area contributed by atoms with E-state index in [2.05, 4.69) is 5.32 Å². The van der Waals surface area contributed by atoms with Crippen LogP contribution in [0, 0.1) is 6.92 Å². The number of imide groups is 1. The van der Waals surface area contributed by atoms with E-state index in [1.165, 1.54) is 11.3 Å². The van der Waals surface area contributed by atoms with E-state index < -0.39 is 5.54 Å². The Bertz CT molecular complexity index is 548. The minimum Gasteiger partial charge on any atom is -0.294 e. The van der Waals surface area contributed by atoms with Crippen LogP contribution in [0.5, 0.6) is 0 Å². The first-order valence-electron chi connectivity index (χ1n) is 5.99. The zero-order valence-corrected chi connectivity index (χ0v) is 12.0. The van der Waals surface area contributed by atoms with Crippen LogP contribution in [0.3, 0.4) is 0 Å². The van der Waals surface area contributed by atoms with Crippen LogP contribution in [0.25, 0.3) is 0 Å². The van der Waals surface area contributed by atoms with Crippen LogP contribution in [0.2, 0.25) is 0 Å². The summed E-state index contributed by atoms with van der Waals surface area (Å²) in [4.78, 5) is 38.7. The van der Waals surface area contributed by atoms with E-state index in [9.17, 15) is 14.4 Å². The highest BCUT2D eigenvalue weighted by Gasteiger charge is 2.41. The van der Waals surface area contributed by atoms with Crippen LogP contribution >= 0.6 is 11.3 Å². The fraction of sp³-hybridized carbons (Fsp3) is 0.462. The van der Waals surface area contributed by atoms with Crippen molar-refractivity contribution in [3.05, 3.63) is 21.9 Å². The molecule has 0 bridgehead atoms. The Morgan fingerprint density at radius 1 is 1.42 bits per heavy atom. The Morgan fingerprint density at radius 2 is 2.11 bits per heavy atom. The highest BCUT2D eigenvalue weighted by atomic mass is 32.1. The van der Waals surface area contributed by atoms with E-state index in [0.717, 1.165) is 4.88 Å². The van der Waals surface area contributed by atoms with Gasteiger partial charge in [-0.3, -0.25) is 24.6 Å². The molecule has 1 aromatic heterocycles. The average molecular weight is 280 g/mol. The topological polar surface area (TPSA) is 66.5 Å². The van der Waals surface area contributed by atoms with Gasteiger partial charge in [0, 0.05) is 4.88 Å². The van der Waals surface area contributed by atoms with Crippen molar-refractivity contribution in [2.75, 3.05) is 13.1 Å². The van der Waals surface area contributed by atoms with Crippen molar-refractivity contribution in [2.45, 2.75) is 26.3 Å². The largest absolute Gasteiger partial charge is 0.294 e. The van der Waals surface area contributed by atoms with Crippen LogP contribution < -0.4 is 5.32 Å². The standard InChI is InChI=1S/C13H16N2O3S/c1-8-4-5-10(19-8)9(16)6-15-7-11(17)14-12(18)13(15,2)3/h4-5H,6-7H2,1-3H3,(H,14,17,18). The van der Waals surface area contributed by atoms with Gasteiger partial charge in [0.1, 0.15) is 0 Å². The van der Waals surface area contributed by atoms with E-state index in [-0.39, 0.29) is 30.7 Å². The third kappa shape index (κ3) is 2.74. The van der Waals surface area contributed by atoms with Gasteiger partial charge < -0.3 is 0 Å². The maximum atomic E-state index is 12.2. The minimum atomic E-state index is -0.851. The number of rotatable bonds is 3. The first-order valence-corrected chi connectivity index (χ1v) is 6.81. The summed E-state index contributed by atoms with van der Waals surface area (Å²) >= 11 is 1.42. The maximum absolute atomic E-state index is 12.2. The number of Topliss-reactive ketones (excluding diaryl/α,β-unsaturated/α-hetero) is 1. The van der Waals surface area contributed by atoms with Crippen LogP contribution in [-0.2, 0) is 9.59 Å². The molecule has 19 heavy (non-hydrogen) atoms. The van der Waals surface area contributed by atoms with Crippen molar-refractivity contribution in [3.8, 4) is 0 Å². The summed E-state index contributed by atoms with van der Waals surface area (Å²) in [5.74, 6) is -0.785. The first-order chi connectivity index (χ1) is 8.80. The fourth-order valence-corrected chi connectivity index (χ4v) is 2.72. The number of thiophene rings is 1. The van der Waals surface area contributed by atoms with Crippen molar-refractivity contribution in [1.82, 2.24) is 10.2 Å². The summed E-state index contributed by atoms with van der Waals surface area (Å²) in [5.41, 5.74) is -0.851. The van der Waals surface area contributed by atoms with E-state index in [0.29, 0.717) is 4.88 Å². The van der Waals surface area contributed by atoms with Gasteiger partial charge in [-0.05, 0) is 32.9 Å². The smallest absolute Gasteiger partial charge is 0.246 e. The number of aryl methyl sites for hydroxylation is 1. The molecule has 2 amide bonds. The SMILES string of the molecule is Cc1ccc(C(=O)CN2CC(=O)NC(=O)C2(C)C)s1. The fourth-order valence-electron chi connectivity index (χ4n) is 1.92. The zero-order chi connectivity index (χ0) is 14.2. The lowest BCUT2D eigenvalue weighted by molar-refractivity contribution is -0.144. The number of carbonyl (C=O) groups excluding carboxylic acids is 3. The molecule has 1 fully saturated rings. The molecular formula is C13H16N2O3S. The van der Waals surface area contributed by atoms with E-state index in [4.69, 9.17) is 0 Å². The first kappa shape index (κ1) is 13.9. The molecule has 6 heteroatoms. The number of amides is 2. The highest BCUT2D eigenvalue weighted by molar-refractivity contribution is 7.14. The molecule has 1 N–H and O–H groups in total. The lowest BCUT2D eigenvalue weighted by Gasteiger charge is -2.39. The molecule has 0 atom stereocenters. The number of carbonyl (C=O) groups is 3. The number of piperazine rings is 1. The molecule has 0 radical (unpaired) electrons. The van der Waals surface area contributed by atoms with Crippen molar-refractivity contribution >= 4 is 28.9 Å². The molecule has 1 aromatic rings. The molecule has 2 rings (SSSR count). The van der Waals surface area contributed by atoms with Gasteiger partial charge in [-0.2, -0.15) is 0 Å². The van der Waals surface area contributed by atoms with Gasteiger partial charge in [0.25, 0.3) is 0 Å². The van der Waals surface area contributed by atoms with Crippen molar-refractivity contribution in [2.24, 2.45) is 0 Å². The average Bonchev–Trinajstić information content (AvgIpc) is 2.73.